The molecule has 0 heterocycles. The molecular weight excluding hydrogens is 258 g/mol. The van der Waals surface area contributed by atoms with E-state index < -0.39 is 21.2 Å². The topological polar surface area (TPSA) is 83.9 Å². The van der Waals surface area contributed by atoms with Crippen molar-refractivity contribution in [2.24, 2.45) is 0 Å². The summed E-state index contributed by atoms with van der Waals surface area (Å²) in [6.07, 6.45) is 1.29. The Labute approximate surface area is 109 Å². The number of carboxylic acid groups (broad SMARTS) is 1. The lowest BCUT2D eigenvalue weighted by atomic mass is 10.2. The Kier molecular flexibility index (Phi) is 7.42. The van der Waals surface area contributed by atoms with Crippen LogP contribution in [0.25, 0.3) is 0 Å². The van der Waals surface area contributed by atoms with E-state index in [0.717, 1.165) is 0 Å². The van der Waals surface area contributed by atoms with Crippen molar-refractivity contribution < 1.29 is 23.1 Å². The number of carbonyl (C=O) groups is 1. The van der Waals surface area contributed by atoms with Gasteiger partial charge < -0.3 is 9.84 Å². The fourth-order valence-electron chi connectivity index (χ4n) is 1.73. The van der Waals surface area contributed by atoms with Gasteiger partial charge in [0.1, 0.15) is 0 Å². The van der Waals surface area contributed by atoms with Gasteiger partial charge in [-0.05, 0) is 19.8 Å². The molecule has 0 aromatic rings. The van der Waals surface area contributed by atoms with Crippen molar-refractivity contribution in [1.29, 1.82) is 0 Å². The number of hydrogen-bond donors (Lipinski definition) is 1. The van der Waals surface area contributed by atoms with Crippen molar-refractivity contribution in [2.75, 3.05) is 20.3 Å². The van der Waals surface area contributed by atoms with Crippen LogP contribution in [0.3, 0.4) is 0 Å². The van der Waals surface area contributed by atoms with Crippen molar-refractivity contribution in [3.05, 3.63) is 0 Å². The predicted molar refractivity (Wildman–Crippen MR) is 69.0 cm³/mol. The smallest absolute Gasteiger partial charge is 0.323 e. The minimum atomic E-state index is -3.84. The van der Waals surface area contributed by atoms with Gasteiger partial charge in [-0.15, -0.1) is 0 Å². The molecule has 7 heteroatoms. The van der Waals surface area contributed by atoms with Crippen LogP contribution in [0.2, 0.25) is 0 Å². The van der Waals surface area contributed by atoms with E-state index in [-0.39, 0.29) is 19.2 Å². The van der Waals surface area contributed by atoms with Crippen LogP contribution in [0.1, 0.15) is 33.6 Å². The Morgan fingerprint density at radius 3 is 2.17 bits per heavy atom. The van der Waals surface area contributed by atoms with Gasteiger partial charge in [0, 0.05) is 19.7 Å². The normalized spacial score (nSPS) is 14.1. The molecule has 0 spiro atoms. The molecule has 6 nitrogen and oxygen atoms in total. The van der Waals surface area contributed by atoms with Gasteiger partial charge in [-0.3, -0.25) is 4.79 Å². The number of ether oxygens (including phenoxy) is 1. The summed E-state index contributed by atoms with van der Waals surface area (Å²) in [5, 5.41) is 7.45. The maximum Gasteiger partial charge on any atom is 0.323 e. The molecule has 0 saturated heterocycles. The number of aliphatic carboxylic acids is 1. The number of hydrogen-bond acceptors (Lipinski definition) is 4. The molecule has 108 valence electrons. The highest BCUT2D eigenvalue weighted by Crippen LogP contribution is 2.17. The molecule has 0 aliphatic heterocycles. The minimum Gasteiger partial charge on any atom is -0.480 e. The number of rotatable bonds is 9. The van der Waals surface area contributed by atoms with Crippen LogP contribution < -0.4 is 0 Å². The monoisotopic (exact) mass is 281 g/mol. The van der Waals surface area contributed by atoms with Crippen molar-refractivity contribution in [2.45, 2.75) is 44.9 Å². The first-order valence-electron chi connectivity index (χ1n) is 6.05. The van der Waals surface area contributed by atoms with Crippen LogP contribution in [0.15, 0.2) is 0 Å². The van der Waals surface area contributed by atoms with Crippen molar-refractivity contribution in [3.63, 3.8) is 0 Å². The first-order valence-corrected chi connectivity index (χ1v) is 7.55. The van der Waals surface area contributed by atoms with E-state index in [0.29, 0.717) is 12.8 Å². The van der Waals surface area contributed by atoms with E-state index in [9.17, 15) is 13.2 Å². The van der Waals surface area contributed by atoms with Crippen LogP contribution in [0.5, 0.6) is 0 Å². The Morgan fingerprint density at radius 2 is 1.83 bits per heavy atom. The van der Waals surface area contributed by atoms with Gasteiger partial charge >= 0.3 is 5.97 Å². The van der Waals surface area contributed by atoms with Crippen LogP contribution in [-0.4, -0.2) is 55.4 Å². The molecule has 0 aromatic heterocycles. The fraction of sp³-hybridized carbons (Fsp3) is 0.909. The highest BCUT2D eigenvalue weighted by Gasteiger charge is 2.36. The van der Waals surface area contributed by atoms with Gasteiger partial charge in [0.15, 0.2) is 5.25 Å². The summed E-state index contributed by atoms with van der Waals surface area (Å²) in [5.74, 6) is -1.33. The van der Waals surface area contributed by atoms with Gasteiger partial charge in [0.05, 0.1) is 6.61 Å². The molecule has 18 heavy (non-hydrogen) atoms. The molecule has 0 rings (SSSR count). The Morgan fingerprint density at radius 1 is 1.33 bits per heavy atom. The fourth-order valence-corrected chi connectivity index (χ4v) is 3.43. The first kappa shape index (κ1) is 17.3. The molecule has 0 bridgehead atoms. The summed E-state index contributed by atoms with van der Waals surface area (Å²) in [7, 11) is -2.36. The first-order chi connectivity index (χ1) is 8.32. The third-order valence-electron chi connectivity index (χ3n) is 2.99. The average Bonchev–Trinajstić information content (AvgIpc) is 2.33. The molecule has 1 unspecified atom stereocenters. The minimum absolute atomic E-state index is 0.183. The summed E-state index contributed by atoms with van der Waals surface area (Å²) in [4.78, 5) is 10.9. The van der Waals surface area contributed by atoms with Gasteiger partial charge in [0.2, 0.25) is 10.0 Å². The van der Waals surface area contributed by atoms with E-state index in [1.54, 1.807) is 0 Å². The molecule has 0 radical (unpaired) electrons. The highest BCUT2D eigenvalue weighted by molar-refractivity contribution is 7.90. The largest absolute Gasteiger partial charge is 0.480 e. The van der Waals surface area contributed by atoms with Gasteiger partial charge in [-0.1, -0.05) is 13.8 Å². The Bertz CT molecular complexity index is 350. The summed E-state index contributed by atoms with van der Waals surface area (Å²) in [6.45, 7) is 5.40. The maximum absolute atomic E-state index is 12.2. The Hall–Kier alpha value is -0.660. The lowest BCUT2D eigenvalue weighted by Gasteiger charge is -2.30. The maximum atomic E-state index is 12.2. The third-order valence-corrected chi connectivity index (χ3v) is 5.22. The van der Waals surface area contributed by atoms with E-state index in [1.807, 2.05) is 13.8 Å². The molecule has 0 aliphatic carbocycles. The van der Waals surface area contributed by atoms with Crippen LogP contribution >= 0.6 is 0 Å². The number of methoxy groups -OCH3 is 1. The zero-order valence-corrected chi connectivity index (χ0v) is 12.2. The van der Waals surface area contributed by atoms with Gasteiger partial charge in [0.25, 0.3) is 0 Å². The molecule has 0 aliphatic rings. The third kappa shape index (κ3) is 4.22. The SMILES string of the molecule is CCC(CC)N(CCOC)S(=O)(=O)C(C)C(=O)O. The van der Waals surface area contributed by atoms with E-state index in [2.05, 4.69) is 0 Å². The van der Waals surface area contributed by atoms with E-state index in [4.69, 9.17) is 9.84 Å². The molecule has 0 saturated carbocycles. The van der Waals surface area contributed by atoms with Crippen molar-refractivity contribution in [1.82, 2.24) is 4.31 Å². The van der Waals surface area contributed by atoms with Crippen LogP contribution in [-0.2, 0) is 19.6 Å². The number of carboxylic acids is 1. The quantitative estimate of drug-likeness (QED) is 0.679. The van der Waals surface area contributed by atoms with E-state index in [1.165, 1.54) is 18.3 Å². The molecule has 0 fully saturated rings. The lowest BCUT2D eigenvalue weighted by Crippen LogP contribution is -2.47. The molecule has 0 aromatic carbocycles. The second kappa shape index (κ2) is 7.70. The summed E-state index contributed by atoms with van der Waals surface area (Å²) in [5.41, 5.74) is 0. The predicted octanol–water partition coefficient (Wildman–Crippen LogP) is 0.926. The van der Waals surface area contributed by atoms with Crippen LogP contribution in [0.4, 0.5) is 0 Å². The second-order valence-electron chi connectivity index (χ2n) is 4.10. The molecule has 1 N–H and O–H groups in total. The standard InChI is InChI=1S/C11H23NO5S/c1-5-10(6-2)12(7-8-17-4)18(15,16)9(3)11(13)14/h9-10H,5-8H2,1-4H3,(H,13,14). The average molecular weight is 281 g/mol. The number of nitrogens with zero attached hydrogens (tertiary/aromatic N) is 1. The van der Waals surface area contributed by atoms with Gasteiger partial charge in [-0.2, -0.15) is 4.31 Å². The zero-order valence-electron chi connectivity index (χ0n) is 11.4. The lowest BCUT2D eigenvalue weighted by molar-refractivity contribution is -0.136. The summed E-state index contributed by atoms with van der Waals surface area (Å²) < 4.78 is 30.6. The second-order valence-corrected chi connectivity index (χ2v) is 6.31. The molecule has 1 atom stereocenters. The molecule has 0 amide bonds. The summed E-state index contributed by atoms with van der Waals surface area (Å²) in [6, 6.07) is -0.188. The van der Waals surface area contributed by atoms with Crippen LogP contribution in [0, 0.1) is 0 Å². The summed E-state index contributed by atoms with van der Waals surface area (Å²) >= 11 is 0. The number of sulfonamides is 1. The molecular formula is C11H23NO5S. The van der Waals surface area contributed by atoms with E-state index >= 15 is 0 Å². The van der Waals surface area contributed by atoms with Crippen molar-refractivity contribution in [3.8, 4) is 0 Å². The Balaban J connectivity index is 5.22. The van der Waals surface area contributed by atoms with Crippen molar-refractivity contribution >= 4 is 16.0 Å². The van der Waals surface area contributed by atoms with Gasteiger partial charge in [-0.25, -0.2) is 8.42 Å². The highest BCUT2D eigenvalue weighted by atomic mass is 32.2. The zero-order chi connectivity index (χ0) is 14.3.